The summed E-state index contributed by atoms with van der Waals surface area (Å²) < 4.78 is 10.4. The van der Waals surface area contributed by atoms with Crippen LogP contribution in [-0.2, 0) is 9.47 Å². The van der Waals surface area contributed by atoms with E-state index >= 15 is 0 Å². The Morgan fingerprint density at radius 1 is 0.778 bits per heavy atom. The SMILES string of the molecule is CC(C)(C)OC(=O)NC(=NCCCCCCCCO)NC(=O)OC(C)(C)C. The first-order valence-electron chi connectivity index (χ1n) is 9.58. The van der Waals surface area contributed by atoms with Gasteiger partial charge in [0.1, 0.15) is 11.2 Å². The third kappa shape index (κ3) is 17.3. The molecule has 0 aliphatic heterocycles. The molecule has 0 heterocycles. The van der Waals surface area contributed by atoms with Crippen molar-refractivity contribution in [2.45, 2.75) is 91.3 Å². The Morgan fingerprint density at radius 3 is 1.59 bits per heavy atom. The molecule has 8 nitrogen and oxygen atoms in total. The van der Waals surface area contributed by atoms with Gasteiger partial charge in [-0.15, -0.1) is 0 Å². The topological polar surface area (TPSA) is 109 Å². The molecule has 0 bridgehead atoms. The molecule has 0 rings (SSSR count). The van der Waals surface area contributed by atoms with Gasteiger partial charge in [-0.25, -0.2) is 9.59 Å². The Kier molecular flexibility index (Phi) is 11.7. The molecule has 3 N–H and O–H groups in total. The summed E-state index contributed by atoms with van der Waals surface area (Å²) in [7, 11) is 0. The van der Waals surface area contributed by atoms with Gasteiger partial charge >= 0.3 is 12.2 Å². The molecule has 0 aromatic rings. The maximum absolute atomic E-state index is 11.9. The van der Waals surface area contributed by atoms with E-state index in [2.05, 4.69) is 15.6 Å². The molecular weight excluding hydrogens is 350 g/mol. The van der Waals surface area contributed by atoms with Gasteiger partial charge in [0.05, 0.1) is 0 Å². The van der Waals surface area contributed by atoms with Crippen molar-refractivity contribution >= 4 is 18.1 Å². The molecule has 2 amide bonds. The van der Waals surface area contributed by atoms with Gasteiger partial charge in [0, 0.05) is 13.2 Å². The van der Waals surface area contributed by atoms with E-state index in [-0.39, 0.29) is 12.6 Å². The first kappa shape index (κ1) is 25.2. The van der Waals surface area contributed by atoms with Crippen molar-refractivity contribution in [3.63, 3.8) is 0 Å². The number of aliphatic hydroxyl groups is 1. The number of guanidine groups is 1. The lowest BCUT2D eigenvalue weighted by Crippen LogP contribution is -2.47. The molecule has 27 heavy (non-hydrogen) atoms. The van der Waals surface area contributed by atoms with E-state index in [1.54, 1.807) is 41.5 Å². The van der Waals surface area contributed by atoms with E-state index in [0.29, 0.717) is 6.54 Å². The van der Waals surface area contributed by atoms with Crippen LogP contribution in [0.4, 0.5) is 9.59 Å². The fourth-order valence-corrected chi connectivity index (χ4v) is 2.03. The van der Waals surface area contributed by atoms with E-state index in [4.69, 9.17) is 14.6 Å². The van der Waals surface area contributed by atoms with Gasteiger partial charge in [-0.1, -0.05) is 25.7 Å². The highest BCUT2D eigenvalue weighted by Crippen LogP contribution is 2.08. The quantitative estimate of drug-likeness (QED) is 0.334. The van der Waals surface area contributed by atoms with Crippen LogP contribution in [0.2, 0.25) is 0 Å². The highest BCUT2D eigenvalue weighted by Gasteiger charge is 2.21. The first-order chi connectivity index (χ1) is 12.4. The van der Waals surface area contributed by atoms with Gasteiger partial charge in [-0.05, 0) is 54.4 Å². The number of amides is 2. The van der Waals surface area contributed by atoms with Gasteiger partial charge in [0.2, 0.25) is 5.96 Å². The van der Waals surface area contributed by atoms with E-state index < -0.39 is 23.4 Å². The van der Waals surface area contributed by atoms with Crippen LogP contribution in [0.5, 0.6) is 0 Å². The fourth-order valence-electron chi connectivity index (χ4n) is 2.03. The zero-order valence-corrected chi connectivity index (χ0v) is 17.7. The summed E-state index contributed by atoms with van der Waals surface area (Å²) in [6.07, 6.45) is 4.42. The standard InChI is InChI=1S/C19H37N3O5/c1-18(2,3)26-16(24)21-15(22-17(25)27-19(4,5)6)20-13-11-9-7-8-10-12-14-23/h23H,7-14H2,1-6H3,(H2,20,21,22,24,25). The van der Waals surface area contributed by atoms with Crippen LogP contribution in [0, 0.1) is 0 Å². The average Bonchev–Trinajstić information content (AvgIpc) is 2.45. The molecule has 0 aromatic heterocycles. The Morgan fingerprint density at radius 2 is 1.19 bits per heavy atom. The Balaban J connectivity index is 4.58. The number of nitrogens with one attached hydrogen (secondary N) is 2. The summed E-state index contributed by atoms with van der Waals surface area (Å²) in [5, 5.41) is 13.7. The zero-order valence-electron chi connectivity index (χ0n) is 17.7. The van der Waals surface area contributed by atoms with Crippen molar-refractivity contribution in [1.29, 1.82) is 0 Å². The second-order valence-corrected chi connectivity index (χ2v) is 8.33. The molecule has 0 aliphatic rings. The molecule has 8 heteroatoms. The van der Waals surface area contributed by atoms with Gasteiger partial charge in [0.15, 0.2) is 0 Å². The van der Waals surface area contributed by atoms with Crippen LogP contribution in [0.25, 0.3) is 0 Å². The number of ether oxygens (including phenoxy) is 2. The van der Waals surface area contributed by atoms with E-state index in [0.717, 1.165) is 38.5 Å². The van der Waals surface area contributed by atoms with E-state index in [9.17, 15) is 9.59 Å². The minimum atomic E-state index is -0.693. The van der Waals surface area contributed by atoms with Gasteiger partial charge in [0.25, 0.3) is 0 Å². The number of hydrogen-bond donors (Lipinski definition) is 3. The minimum absolute atomic E-state index is 0.0128. The predicted octanol–water partition coefficient (Wildman–Crippen LogP) is 3.72. The third-order valence-corrected chi connectivity index (χ3v) is 3.07. The van der Waals surface area contributed by atoms with Crippen molar-refractivity contribution in [2.75, 3.05) is 13.2 Å². The number of alkyl carbamates (subject to hydrolysis) is 2. The summed E-state index contributed by atoms with van der Waals surface area (Å²) in [5.74, 6) is 0.0128. The van der Waals surface area contributed by atoms with Crippen LogP contribution < -0.4 is 10.6 Å². The monoisotopic (exact) mass is 387 g/mol. The van der Waals surface area contributed by atoms with Crippen molar-refractivity contribution in [3.05, 3.63) is 0 Å². The number of nitrogens with zero attached hydrogens (tertiary/aromatic N) is 1. The largest absolute Gasteiger partial charge is 0.444 e. The molecule has 0 aliphatic carbocycles. The van der Waals surface area contributed by atoms with Crippen LogP contribution in [0.3, 0.4) is 0 Å². The van der Waals surface area contributed by atoms with Gasteiger partial charge < -0.3 is 14.6 Å². The summed E-state index contributed by atoms with van der Waals surface area (Å²) in [6, 6.07) is 0. The first-order valence-corrected chi connectivity index (χ1v) is 9.58. The zero-order chi connectivity index (χ0) is 20.9. The van der Waals surface area contributed by atoms with Crippen molar-refractivity contribution in [3.8, 4) is 0 Å². The molecule has 0 saturated carbocycles. The lowest BCUT2D eigenvalue weighted by molar-refractivity contribution is 0.0545. The third-order valence-electron chi connectivity index (χ3n) is 3.07. The number of aliphatic imine (C=N–C) groups is 1. The van der Waals surface area contributed by atoms with Crippen molar-refractivity contribution in [1.82, 2.24) is 10.6 Å². The number of aliphatic hydroxyl groups excluding tert-OH is 1. The molecule has 0 fully saturated rings. The summed E-state index contributed by atoms with van der Waals surface area (Å²) in [4.78, 5) is 28.1. The van der Waals surface area contributed by atoms with E-state index in [1.807, 2.05) is 0 Å². The summed E-state index contributed by atoms with van der Waals surface area (Å²) in [5.41, 5.74) is -1.31. The molecule has 0 unspecified atom stereocenters. The Labute approximate surface area is 163 Å². The molecule has 0 saturated heterocycles. The number of rotatable bonds is 8. The number of unbranched alkanes of at least 4 members (excludes halogenated alkanes) is 5. The minimum Gasteiger partial charge on any atom is -0.444 e. The number of hydrogen-bond acceptors (Lipinski definition) is 6. The highest BCUT2D eigenvalue weighted by atomic mass is 16.6. The molecular formula is C19H37N3O5. The summed E-state index contributed by atoms with van der Waals surface area (Å²) >= 11 is 0. The molecule has 0 atom stereocenters. The molecule has 0 spiro atoms. The second-order valence-electron chi connectivity index (χ2n) is 8.33. The number of carbonyl (C=O) groups is 2. The fraction of sp³-hybridized carbons (Fsp3) is 0.842. The lowest BCUT2D eigenvalue weighted by atomic mass is 10.1. The molecule has 0 aromatic carbocycles. The van der Waals surface area contributed by atoms with Crippen LogP contribution in [0.15, 0.2) is 4.99 Å². The smallest absolute Gasteiger partial charge is 0.414 e. The lowest BCUT2D eigenvalue weighted by Gasteiger charge is -2.22. The maximum Gasteiger partial charge on any atom is 0.414 e. The predicted molar refractivity (Wildman–Crippen MR) is 106 cm³/mol. The normalized spacial score (nSPS) is 11.5. The highest BCUT2D eigenvalue weighted by molar-refractivity contribution is 6.01. The molecule has 0 radical (unpaired) electrons. The van der Waals surface area contributed by atoms with Crippen LogP contribution >= 0.6 is 0 Å². The van der Waals surface area contributed by atoms with E-state index in [1.165, 1.54) is 0 Å². The van der Waals surface area contributed by atoms with Crippen LogP contribution in [-0.4, -0.2) is 47.6 Å². The van der Waals surface area contributed by atoms with Crippen LogP contribution in [0.1, 0.15) is 80.1 Å². The number of carbonyl (C=O) groups excluding carboxylic acids is 2. The van der Waals surface area contributed by atoms with Gasteiger partial charge in [-0.2, -0.15) is 0 Å². The van der Waals surface area contributed by atoms with Crippen molar-refractivity contribution in [2.24, 2.45) is 4.99 Å². The van der Waals surface area contributed by atoms with Crippen molar-refractivity contribution < 1.29 is 24.2 Å². The summed E-state index contributed by atoms with van der Waals surface area (Å²) in [6.45, 7) is 11.2. The second kappa shape index (κ2) is 12.5. The average molecular weight is 388 g/mol. The molecule has 158 valence electrons. The van der Waals surface area contributed by atoms with Gasteiger partial charge in [-0.3, -0.25) is 15.6 Å². The maximum atomic E-state index is 11.9. The Bertz CT molecular complexity index is 447. The Hall–Kier alpha value is -1.83.